The summed E-state index contributed by atoms with van der Waals surface area (Å²) in [4.78, 5) is 2.57. The summed E-state index contributed by atoms with van der Waals surface area (Å²) in [5, 5.41) is 12.3. The number of hydrogen-bond acceptors (Lipinski definition) is 3. The van der Waals surface area contributed by atoms with Gasteiger partial charge in [0, 0.05) is 19.2 Å². The Morgan fingerprint density at radius 3 is 2.40 bits per heavy atom. The first-order valence-corrected chi connectivity index (χ1v) is 6.29. The minimum Gasteiger partial charge on any atom is -0.396 e. The lowest BCUT2D eigenvalue weighted by atomic mass is 10.1. The minimum absolute atomic E-state index is 0.283. The van der Waals surface area contributed by atoms with Crippen LogP contribution in [0.4, 0.5) is 0 Å². The van der Waals surface area contributed by atoms with E-state index in [1.807, 2.05) is 0 Å². The molecule has 15 heavy (non-hydrogen) atoms. The van der Waals surface area contributed by atoms with Crippen molar-refractivity contribution in [2.75, 3.05) is 32.8 Å². The monoisotopic (exact) mass is 214 g/mol. The number of piperidine rings is 1. The Bertz CT molecular complexity index is 158. The van der Waals surface area contributed by atoms with Gasteiger partial charge in [0.25, 0.3) is 0 Å². The fourth-order valence-corrected chi connectivity index (χ4v) is 2.09. The van der Waals surface area contributed by atoms with Crippen LogP contribution in [-0.4, -0.2) is 48.8 Å². The molecule has 3 nitrogen and oxygen atoms in total. The van der Waals surface area contributed by atoms with Gasteiger partial charge in [-0.2, -0.15) is 0 Å². The van der Waals surface area contributed by atoms with E-state index >= 15 is 0 Å². The molecular weight excluding hydrogens is 188 g/mol. The van der Waals surface area contributed by atoms with E-state index in [2.05, 4.69) is 24.1 Å². The molecule has 2 unspecified atom stereocenters. The third kappa shape index (κ3) is 4.96. The van der Waals surface area contributed by atoms with E-state index in [4.69, 9.17) is 5.11 Å². The Kier molecular flexibility index (Phi) is 6.22. The maximum Gasteiger partial charge on any atom is 0.0468 e. The molecule has 2 N–H and O–H groups in total. The van der Waals surface area contributed by atoms with E-state index in [9.17, 15) is 0 Å². The molecule has 0 aliphatic carbocycles. The highest BCUT2D eigenvalue weighted by atomic mass is 16.3. The zero-order chi connectivity index (χ0) is 11.1. The second-order valence-electron chi connectivity index (χ2n) is 4.89. The van der Waals surface area contributed by atoms with E-state index in [0.29, 0.717) is 12.0 Å². The van der Waals surface area contributed by atoms with Gasteiger partial charge < -0.3 is 10.4 Å². The molecule has 90 valence electrons. The van der Waals surface area contributed by atoms with Gasteiger partial charge in [-0.25, -0.2) is 0 Å². The van der Waals surface area contributed by atoms with Crippen LogP contribution < -0.4 is 5.32 Å². The van der Waals surface area contributed by atoms with Crippen molar-refractivity contribution in [3.8, 4) is 0 Å². The van der Waals surface area contributed by atoms with Crippen LogP contribution in [0.25, 0.3) is 0 Å². The number of likely N-dealkylation sites (tertiary alicyclic amines) is 1. The molecular formula is C12H26N2O. The molecule has 1 rings (SSSR count). The first-order valence-electron chi connectivity index (χ1n) is 6.29. The molecule has 3 heteroatoms. The summed E-state index contributed by atoms with van der Waals surface area (Å²) in [6.07, 6.45) is 4.12. The molecule has 1 fully saturated rings. The highest BCUT2D eigenvalue weighted by molar-refractivity contribution is 4.73. The SMILES string of the molecule is CC(CO)CNCC(C)N1CCCCC1. The third-order valence-electron chi connectivity index (χ3n) is 3.26. The molecule has 0 saturated carbocycles. The van der Waals surface area contributed by atoms with Crippen LogP contribution in [0.1, 0.15) is 33.1 Å². The third-order valence-corrected chi connectivity index (χ3v) is 3.26. The minimum atomic E-state index is 0.283. The number of rotatable bonds is 6. The van der Waals surface area contributed by atoms with Gasteiger partial charge in [0.05, 0.1) is 0 Å². The standard InChI is InChI=1S/C12H26N2O/c1-11(10-15)8-13-9-12(2)14-6-4-3-5-7-14/h11-13,15H,3-10H2,1-2H3. The van der Waals surface area contributed by atoms with Crippen molar-refractivity contribution in [2.45, 2.75) is 39.2 Å². The van der Waals surface area contributed by atoms with Gasteiger partial charge >= 0.3 is 0 Å². The second-order valence-corrected chi connectivity index (χ2v) is 4.89. The Labute approximate surface area is 93.9 Å². The molecule has 0 aromatic carbocycles. The fraction of sp³-hybridized carbons (Fsp3) is 1.00. The lowest BCUT2D eigenvalue weighted by molar-refractivity contribution is 0.167. The molecule has 1 saturated heterocycles. The van der Waals surface area contributed by atoms with Crippen LogP contribution in [0, 0.1) is 5.92 Å². The largest absolute Gasteiger partial charge is 0.396 e. The Balaban J connectivity index is 2.09. The van der Waals surface area contributed by atoms with Crippen molar-refractivity contribution in [3.05, 3.63) is 0 Å². The zero-order valence-corrected chi connectivity index (χ0v) is 10.2. The maximum atomic E-state index is 8.90. The molecule has 0 aromatic rings. The predicted molar refractivity (Wildman–Crippen MR) is 64.0 cm³/mol. The van der Waals surface area contributed by atoms with Crippen molar-refractivity contribution in [1.82, 2.24) is 10.2 Å². The number of nitrogens with one attached hydrogen (secondary N) is 1. The lowest BCUT2D eigenvalue weighted by Gasteiger charge is -2.32. The summed E-state index contributed by atoms with van der Waals surface area (Å²) in [5.41, 5.74) is 0. The molecule has 1 aliphatic rings. The van der Waals surface area contributed by atoms with Crippen LogP contribution in [-0.2, 0) is 0 Å². The Hall–Kier alpha value is -0.120. The van der Waals surface area contributed by atoms with E-state index in [1.54, 1.807) is 0 Å². The van der Waals surface area contributed by atoms with Gasteiger partial charge in [0.15, 0.2) is 0 Å². The molecule has 0 aromatic heterocycles. The van der Waals surface area contributed by atoms with Crippen molar-refractivity contribution < 1.29 is 5.11 Å². The molecule has 0 spiro atoms. The molecule has 0 radical (unpaired) electrons. The normalized spacial score (nSPS) is 22.6. The summed E-state index contributed by atoms with van der Waals surface area (Å²) in [6, 6.07) is 0.635. The average molecular weight is 214 g/mol. The predicted octanol–water partition coefficient (Wildman–Crippen LogP) is 1.08. The number of aliphatic hydroxyl groups is 1. The second kappa shape index (κ2) is 7.20. The summed E-state index contributed by atoms with van der Waals surface area (Å²) in [7, 11) is 0. The molecule has 2 atom stereocenters. The number of hydrogen-bond donors (Lipinski definition) is 2. The maximum absolute atomic E-state index is 8.90. The van der Waals surface area contributed by atoms with E-state index in [1.165, 1.54) is 32.4 Å². The van der Waals surface area contributed by atoms with Gasteiger partial charge in [-0.1, -0.05) is 13.3 Å². The Morgan fingerprint density at radius 2 is 1.80 bits per heavy atom. The number of nitrogens with zero attached hydrogens (tertiary/aromatic N) is 1. The lowest BCUT2D eigenvalue weighted by Crippen LogP contribution is -2.43. The van der Waals surface area contributed by atoms with Crippen molar-refractivity contribution in [2.24, 2.45) is 5.92 Å². The fourth-order valence-electron chi connectivity index (χ4n) is 2.09. The summed E-state index contributed by atoms with van der Waals surface area (Å²) < 4.78 is 0. The van der Waals surface area contributed by atoms with Gasteiger partial charge in [-0.05, 0) is 45.3 Å². The average Bonchev–Trinajstić information content (AvgIpc) is 2.29. The molecule has 1 aliphatic heterocycles. The van der Waals surface area contributed by atoms with Crippen LogP contribution >= 0.6 is 0 Å². The van der Waals surface area contributed by atoms with Crippen LogP contribution in [0.2, 0.25) is 0 Å². The van der Waals surface area contributed by atoms with Crippen LogP contribution in [0.3, 0.4) is 0 Å². The topological polar surface area (TPSA) is 35.5 Å². The highest BCUT2D eigenvalue weighted by Gasteiger charge is 2.15. The van der Waals surface area contributed by atoms with Crippen molar-refractivity contribution in [1.29, 1.82) is 0 Å². The van der Waals surface area contributed by atoms with Gasteiger partial charge in [0.1, 0.15) is 0 Å². The van der Waals surface area contributed by atoms with Gasteiger partial charge in [0.2, 0.25) is 0 Å². The summed E-state index contributed by atoms with van der Waals surface area (Å²) in [6.45, 7) is 9.14. The Morgan fingerprint density at radius 1 is 1.13 bits per heavy atom. The smallest absolute Gasteiger partial charge is 0.0468 e. The quantitative estimate of drug-likeness (QED) is 0.694. The van der Waals surface area contributed by atoms with Gasteiger partial charge in [-0.3, -0.25) is 4.90 Å². The summed E-state index contributed by atoms with van der Waals surface area (Å²) in [5.74, 6) is 0.374. The van der Waals surface area contributed by atoms with E-state index in [-0.39, 0.29) is 6.61 Å². The first kappa shape index (κ1) is 12.9. The van der Waals surface area contributed by atoms with E-state index < -0.39 is 0 Å². The van der Waals surface area contributed by atoms with Crippen LogP contribution in [0.15, 0.2) is 0 Å². The molecule has 1 heterocycles. The molecule has 0 amide bonds. The number of aliphatic hydroxyl groups excluding tert-OH is 1. The van der Waals surface area contributed by atoms with Gasteiger partial charge in [-0.15, -0.1) is 0 Å². The molecule has 0 bridgehead atoms. The highest BCUT2D eigenvalue weighted by Crippen LogP contribution is 2.11. The first-order chi connectivity index (χ1) is 7.24. The van der Waals surface area contributed by atoms with Crippen LogP contribution in [0.5, 0.6) is 0 Å². The van der Waals surface area contributed by atoms with Crippen molar-refractivity contribution >= 4 is 0 Å². The summed E-state index contributed by atoms with van der Waals surface area (Å²) >= 11 is 0. The zero-order valence-electron chi connectivity index (χ0n) is 10.2. The van der Waals surface area contributed by atoms with E-state index in [0.717, 1.165) is 13.1 Å². The van der Waals surface area contributed by atoms with Crippen molar-refractivity contribution in [3.63, 3.8) is 0 Å².